The minimum atomic E-state index is -0.140. The first-order valence-electron chi connectivity index (χ1n) is 7.07. The van der Waals surface area contributed by atoms with Gasteiger partial charge < -0.3 is 9.32 Å². The van der Waals surface area contributed by atoms with Crippen LogP contribution in [0.25, 0.3) is 11.0 Å². The molecule has 3 nitrogen and oxygen atoms in total. The smallest absolute Gasteiger partial charge is 0.254 e. The summed E-state index contributed by atoms with van der Waals surface area (Å²) in [4.78, 5) is 14.3. The highest BCUT2D eigenvalue weighted by molar-refractivity contribution is 9.10. The van der Waals surface area contributed by atoms with E-state index in [-0.39, 0.29) is 11.9 Å². The van der Waals surface area contributed by atoms with E-state index >= 15 is 0 Å². The number of benzene rings is 2. The normalized spacial score (nSPS) is 12.3. The predicted octanol–water partition coefficient (Wildman–Crippen LogP) is 5.03. The molecule has 0 fully saturated rings. The van der Waals surface area contributed by atoms with Crippen LogP contribution in [0.15, 0.2) is 63.5 Å². The van der Waals surface area contributed by atoms with Gasteiger partial charge in [0.2, 0.25) is 0 Å². The molecule has 0 saturated heterocycles. The van der Waals surface area contributed by atoms with Crippen LogP contribution < -0.4 is 0 Å². The van der Waals surface area contributed by atoms with Crippen molar-refractivity contribution in [1.29, 1.82) is 0 Å². The van der Waals surface area contributed by atoms with Gasteiger partial charge in [-0.15, -0.1) is 0 Å². The van der Waals surface area contributed by atoms with Crippen molar-refractivity contribution in [1.82, 2.24) is 4.90 Å². The van der Waals surface area contributed by atoms with Crippen LogP contribution in [-0.2, 0) is 0 Å². The van der Waals surface area contributed by atoms with Crippen molar-refractivity contribution < 1.29 is 9.21 Å². The first kappa shape index (κ1) is 14.9. The zero-order valence-electron chi connectivity index (χ0n) is 12.4. The van der Waals surface area contributed by atoms with Crippen molar-refractivity contribution in [2.75, 3.05) is 7.05 Å². The van der Waals surface area contributed by atoms with E-state index in [1.54, 1.807) is 11.9 Å². The lowest BCUT2D eigenvalue weighted by atomic mass is 10.1. The largest absolute Gasteiger partial charge is 0.459 e. The molecule has 1 atom stereocenters. The molecular weight excluding hydrogens is 342 g/mol. The number of hydrogen-bond donors (Lipinski definition) is 0. The second-order valence-corrected chi connectivity index (χ2v) is 6.20. The molecule has 1 heterocycles. The van der Waals surface area contributed by atoms with Gasteiger partial charge in [0.05, 0.1) is 6.04 Å². The van der Waals surface area contributed by atoms with E-state index in [2.05, 4.69) is 15.9 Å². The number of carbonyl (C=O) groups is 1. The topological polar surface area (TPSA) is 33.5 Å². The highest BCUT2D eigenvalue weighted by Gasteiger charge is 2.21. The van der Waals surface area contributed by atoms with E-state index in [1.165, 1.54) is 0 Å². The number of para-hydroxylation sites is 1. The standard InChI is InChI=1S/C18H16BrNO2/c1-12(17-11-13-6-3-4-9-16(13)22-17)20(2)18(21)14-7-5-8-15(19)10-14/h3-12H,1-2H3. The maximum Gasteiger partial charge on any atom is 0.254 e. The maximum atomic E-state index is 12.6. The zero-order valence-corrected chi connectivity index (χ0v) is 14.0. The third-order valence-electron chi connectivity index (χ3n) is 3.83. The highest BCUT2D eigenvalue weighted by Crippen LogP contribution is 2.27. The number of amides is 1. The van der Waals surface area contributed by atoms with Gasteiger partial charge >= 0.3 is 0 Å². The van der Waals surface area contributed by atoms with Crippen molar-refractivity contribution >= 4 is 32.8 Å². The van der Waals surface area contributed by atoms with E-state index < -0.39 is 0 Å². The molecule has 0 aliphatic carbocycles. The number of halogens is 1. The average molecular weight is 358 g/mol. The molecule has 3 aromatic rings. The Labute approximate surface area is 137 Å². The monoisotopic (exact) mass is 357 g/mol. The van der Waals surface area contributed by atoms with Crippen LogP contribution in [0, 0.1) is 0 Å². The third-order valence-corrected chi connectivity index (χ3v) is 4.32. The van der Waals surface area contributed by atoms with Gasteiger partial charge in [-0.05, 0) is 37.3 Å². The van der Waals surface area contributed by atoms with E-state index in [4.69, 9.17) is 4.42 Å². The molecule has 0 saturated carbocycles. The fourth-order valence-electron chi connectivity index (χ4n) is 2.40. The Morgan fingerprint density at radius 1 is 1.14 bits per heavy atom. The van der Waals surface area contributed by atoms with Crippen LogP contribution in [-0.4, -0.2) is 17.9 Å². The van der Waals surface area contributed by atoms with Crippen molar-refractivity contribution in [2.24, 2.45) is 0 Å². The molecular formula is C18H16BrNO2. The van der Waals surface area contributed by atoms with E-state index in [0.717, 1.165) is 21.2 Å². The summed E-state index contributed by atoms with van der Waals surface area (Å²) in [6, 6.07) is 17.1. The van der Waals surface area contributed by atoms with Gasteiger partial charge in [-0.25, -0.2) is 0 Å². The second kappa shape index (κ2) is 5.97. The summed E-state index contributed by atoms with van der Waals surface area (Å²) in [5.74, 6) is 0.751. The Morgan fingerprint density at radius 3 is 2.64 bits per heavy atom. The minimum absolute atomic E-state index is 0.0331. The van der Waals surface area contributed by atoms with Gasteiger partial charge in [0, 0.05) is 22.5 Å². The molecule has 4 heteroatoms. The minimum Gasteiger partial charge on any atom is -0.459 e. The van der Waals surface area contributed by atoms with Gasteiger partial charge in [-0.3, -0.25) is 4.79 Å². The summed E-state index contributed by atoms with van der Waals surface area (Å²) in [5.41, 5.74) is 1.49. The van der Waals surface area contributed by atoms with Crippen molar-refractivity contribution in [2.45, 2.75) is 13.0 Å². The predicted molar refractivity (Wildman–Crippen MR) is 90.9 cm³/mol. The molecule has 0 aliphatic heterocycles. The van der Waals surface area contributed by atoms with E-state index in [0.29, 0.717) is 5.56 Å². The number of fused-ring (bicyclic) bond motifs is 1. The number of rotatable bonds is 3. The summed E-state index contributed by atoms with van der Waals surface area (Å²) >= 11 is 3.40. The van der Waals surface area contributed by atoms with E-state index in [1.807, 2.05) is 61.5 Å². The summed E-state index contributed by atoms with van der Waals surface area (Å²) in [6.07, 6.45) is 0. The molecule has 0 aliphatic rings. The van der Waals surface area contributed by atoms with Gasteiger partial charge in [-0.1, -0.05) is 40.2 Å². The molecule has 0 spiro atoms. The van der Waals surface area contributed by atoms with Crippen LogP contribution in [0.4, 0.5) is 0 Å². The first-order valence-corrected chi connectivity index (χ1v) is 7.87. The number of hydrogen-bond acceptors (Lipinski definition) is 2. The van der Waals surface area contributed by atoms with Crippen molar-refractivity contribution in [3.05, 3.63) is 70.4 Å². The maximum absolute atomic E-state index is 12.6. The number of furan rings is 1. The first-order chi connectivity index (χ1) is 10.6. The number of carbonyl (C=O) groups excluding carboxylic acids is 1. The van der Waals surface area contributed by atoms with Crippen LogP contribution in [0.2, 0.25) is 0 Å². The molecule has 0 bridgehead atoms. The Balaban J connectivity index is 1.87. The van der Waals surface area contributed by atoms with Gasteiger partial charge in [-0.2, -0.15) is 0 Å². The molecule has 0 N–H and O–H groups in total. The Morgan fingerprint density at radius 2 is 1.91 bits per heavy atom. The molecule has 1 aromatic heterocycles. The SMILES string of the molecule is CC(c1cc2ccccc2o1)N(C)C(=O)c1cccc(Br)c1. The molecule has 22 heavy (non-hydrogen) atoms. The lowest BCUT2D eigenvalue weighted by Gasteiger charge is -2.23. The molecule has 2 aromatic carbocycles. The fraction of sp³-hybridized carbons (Fsp3) is 0.167. The van der Waals surface area contributed by atoms with Gasteiger partial charge in [0.25, 0.3) is 5.91 Å². The molecule has 0 radical (unpaired) electrons. The Kier molecular flexibility index (Phi) is 4.03. The molecule has 1 amide bonds. The van der Waals surface area contributed by atoms with E-state index in [9.17, 15) is 4.79 Å². The summed E-state index contributed by atoms with van der Waals surface area (Å²) in [7, 11) is 1.79. The summed E-state index contributed by atoms with van der Waals surface area (Å²) in [5, 5.41) is 1.05. The third kappa shape index (κ3) is 2.79. The lowest BCUT2D eigenvalue weighted by molar-refractivity contribution is 0.0727. The summed E-state index contributed by atoms with van der Waals surface area (Å²) in [6.45, 7) is 1.97. The highest BCUT2D eigenvalue weighted by atomic mass is 79.9. The number of nitrogens with zero attached hydrogens (tertiary/aromatic N) is 1. The van der Waals surface area contributed by atoms with Crippen molar-refractivity contribution in [3.63, 3.8) is 0 Å². The second-order valence-electron chi connectivity index (χ2n) is 5.29. The van der Waals surface area contributed by atoms with Gasteiger partial charge in [0.1, 0.15) is 11.3 Å². The van der Waals surface area contributed by atoms with Crippen LogP contribution in [0.3, 0.4) is 0 Å². The zero-order chi connectivity index (χ0) is 15.7. The van der Waals surface area contributed by atoms with Crippen molar-refractivity contribution in [3.8, 4) is 0 Å². The van der Waals surface area contributed by atoms with Crippen LogP contribution in [0.1, 0.15) is 29.1 Å². The molecule has 112 valence electrons. The quantitative estimate of drug-likeness (QED) is 0.658. The lowest BCUT2D eigenvalue weighted by Crippen LogP contribution is -2.29. The Hall–Kier alpha value is -2.07. The Bertz CT molecular complexity index is 792. The fourth-order valence-corrected chi connectivity index (χ4v) is 2.80. The summed E-state index contributed by atoms with van der Waals surface area (Å²) < 4.78 is 6.75. The van der Waals surface area contributed by atoms with Gasteiger partial charge in [0.15, 0.2) is 0 Å². The molecule has 3 rings (SSSR count). The average Bonchev–Trinajstić information content (AvgIpc) is 2.96. The van der Waals surface area contributed by atoms with Crippen LogP contribution >= 0.6 is 15.9 Å². The van der Waals surface area contributed by atoms with Crippen LogP contribution in [0.5, 0.6) is 0 Å². The molecule has 1 unspecified atom stereocenters.